The highest BCUT2D eigenvalue weighted by Gasteiger charge is 2.06. The molecule has 0 bridgehead atoms. The molecule has 0 aliphatic rings. The zero-order valence-electron chi connectivity index (χ0n) is 7.47. The lowest BCUT2D eigenvalue weighted by molar-refractivity contribution is -0.139. The summed E-state index contributed by atoms with van der Waals surface area (Å²) < 4.78 is 23.8. The lowest BCUT2D eigenvalue weighted by Crippen LogP contribution is -2.05. The van der Waals surface area contributed by atoms with Crippen LogP contribution in [0.4, 0.5) is 0 Å². The Morgan fingerprint density at radius 1 is 1.71 bits per heavy atom. The summed E-state index contributed by atoms with van der Waals surface area (Å²) in [6.07, 6.45) is 1.45. The van der Waals surface area contributed by atoms with E-state index in [2.05, 4.69) is 9.72 Å². The average molecular weight is 215 g/mol. The second kappa shape index (κ2) is 4.83. The lowest BCUT2D eigenvalue weighted by Gasteiger charge is -2.00. The van der Waals surface area contributed by atoms with E-state index in [-0.39, 0.29) is 11.4 Å². The summed E-state index contributed by atoms with van der Waals surface area (Å²) in [5.74, 6) is -0.397. The van der Waals surface area contributed by atoms with Gasteiger partial charge >= 0.3 is 5.97 Å². The topological polar surface area (TPSA) is 76.5 Å². The molecule has 0 aliphatic heterocycles. The van der Waals surface area contributed by atoms with Crippen molar-refractivity contribution < 1.29 is 18.3 Å². The van der Waals surface area contributed by atoms with Gasteiger partial charge in [-0.1, -0.05) is 0 Å². The molecule has 0 saturated heterocycles. The van der Waals surface area contributed by atoms with Crippen LogP contribution in [0.5, 0.6) is 0 Å². The summed E-state index contributed by atoms with van der Waals surface area (Å²) in [6.45, 7) is 0. The van der Waals surface area contributed by atoms with Crippen LogP contribution in [0.25, 0.3) is 0 Å². The molecule has 0 spiro atoms. The van der Waals surface area contributed by atoms with Gasteiger partial charge in [0, 0.05) is 6.20 Å². The molecular weight excluding hydrogens is 206 g/mol. The molecule has 6 heteroatoms. The zero-order valence-corrected chi connectivity index (χ0v) is 8.28. The number of nitrogens with zero attached hydrogens (tertiary/aromatic N) is 1. The second-order valence-corrected chi connectivity index (χ2v) is 3.42. The first-order chi connectivity index (χ1) is 6.63. The monoisotopic (exact) mass is 215 g/mol. The minimum absolute atomic E-state index is 0.0337. The normalized spacial score (nSPS) is 12.1. The molecule has 1 aromatic rings. The highest BCUT2D eigenvalue weighted by atomic mass is 32.2. The number of ether oxygens (including phenoxy) is 1. The molecule has 0 fully saturated rings. The molecule has 1 N–H and O–H groups in total. The Morgan fingerprint density at radius 3 is 3.00 bits per heavy atom. The predicted molar refractivity (Wildman–Crippen MR) is 49.0 cm³/mol. The molecule has 1 atom stereocenters. The van der Waals surface area contributed by atoms with Crippen LogP contribution in [0.1, 0.15) is 5.56 Å². The number of carbonyl (C=O) groups is 1. The Bertz CT molecular complexity index is 366. The maximum Gasteiger partial charge on any atom is 0.309 e. The number of methoxy groups -OCH3 is 1. The largest absolute Gasteiger partial charge is 0.469 e. The van der Waals surface area contributed by atoms with Crippen LogP contribution in [0.2, 0.25) is 0 Å². The Morgan fingerprint density at radius 2 is 2.43 bits per heavy atom. The smallest absolute Gasteiger partial charge is 0.309 e. The van der Waals surface area contributed by atoms with Crippen LogP contribution in [0.15, 0.2) is 23.4 Å². The van der Waals surface area contributed by atoms with Crippen molar-refractivity contribution in [3.63, 3.8) is 0 Å². The zero-order chi connectivity index (χ0) is 10.6. The molecule has 1 unspecified atom stereocenters. The van der Waals surface area contributed by atoms with Gasteiger partial charge in [-0.2, -0.15) is 0 Å². The summed E-state index contributed by atoms with van der Waals surface area (Å²) >= 11 is -2.12. The SMILES string of the molecule is COC(=O)Cc1ccnc(S(=O)O)c1. The quantitative estimate of drug-likeness (QED) is 0.582. The molecule has 0 aliphatic carbocycles. The van der Waals surface area contributed by atoms with Crippen LogP contribution in [-0.2, 0) is 27.0 Å². The molecular formula is C8H9NO4S. The lowest BCUT2D eigenvalue weighted by atomic mass is 10.2. The molecule has 0 aromatic carbocycles. The van der Waals surface area contributed by atoms with Crippen molar-refractivity contribution in [2.24, 2.45) is 0 Å². The van der Waals surface area contributed by atoms with Crippen molar-refractivity contribution in [3.8, 4) is 0 Å². The van der Waals surface area contributed by atoms with E-state index in [1.54, 1.807) is 6.07 Å². The van der Waals surface area contributed by atoms with E-state index >= 15 is 0 Å². The van der Waals surface area contributed by atoms with Crippen molar-refractivity contribution in [1.82, 2.24) is 4.98 Å². The van der Waals surface area contributed by atoms with Crippen LogP contribution < -0.4 is 0 Å². The van der Waals surface area contributed by atoms with Gasteiger partial charge in [-0.05, 0) is 17.7 Å². The van der Waals surface area contributed by atoms with Crippen LogP contribution in [0.3, 0.4) is 0 Å². The first-order valence-electron chi connectivity index (χ1n) is 3.76. The predicted octanol–water partition coefficient (Wildman–Crippen LogP) is 0.378. The molecule has 1 rings (SSSR count). The maximum absolute atomic E-state index is 10.9. The molecule has 1 heterocycles. The minimum atomic E-state index is -2.12. The Hall–Kier alpha value is -1.27. The first-order valence-corrected chi connectivity index (χ1v) is 4.86. The van der Waals surface area contributed by atoms with Crippen LogP contribution >= 0.6 is 0 Å². The number of hydrogen-bond acceptors (Lipinski definition) is 4. The second-order valence-electron chi connectivity index (χ2n) is 2.50. The first kappa shape index (κ1) is 10.8. The standard InChI is InChI=1S/C8H9NO4S/c1-13-8(10)5-6-2-3-9-7(4-6)14(11)12/h2-4H,5H2,1H3,(H,11,12). The van der Waals surface area contributed by atoms with E-state index in [1.807, 2.05) is 0 Å². The van der Waals surface area contributed by atoms with Gasteiger partial charge in [0.2, 0.25) is 11.1 Å². The number of rotatable bonds is 3. The molecule has 1 aromatic heterocycles. The number of pyridine rings is 1. The van der Waals surface area contributed by atoms with Gasteiger partial charge in [-0.25, -0.2) is 9.19 Å². The molecule has 14 heavy (non-hydrogen) atoms. The van der Waals surface area contributed by atoms with Crippen LogP contribution in [0, 0.1) is 0 Å². The van der Waals surface area contributed by atoms with Crippen molar-refractivity contribution in [2.45, 2.75) is 11.4 Å². The molecule has 76 valence electrons. The molecule has 5 nitrogen and oxygen atoms in total. The van der Waals surface area contributed by atoms with E-state index in [0.29, 0.717) is 5.56 Å². The van der Waals surface area contributed by atoms with Gasteiger partial charge in [-0.15, -0.1) is 0 Å². The van der Waals surface area contributed by atoms with E-state index in [1.165, 1.54) is 19.4 Å². The number of hydrogen-bond donors (Lipinski definition) is 1. The Balaban J connectivity index is 2.83. The highest BCUT2D eigenvalue weighted by Crippen LogP contribution is 2.06. The number of carbonyl (C=O) groups excluding carboxylic acids is 1. The fourth-order valence-corrected chi connectivity index (χ4v) is 1.30. The van der Waals surface area contributed by atoms with Crippen LogP contribution in [-0.4, -0.2) is 26.8 Å². The molecule has 0 radical (unpaired) electrons. The van der Waals surface area contributed by atoms with E-state index in [4.69, 9.17) is 4.55 Å². The third kappa shape index (κ3) is 2.90. The van der Waals surface area contributed by atoms with Gasteiger partial charge in [0.15, 0.2) is 5.03 Å². The van der Waals surface area contributed by atoms with E-state index < -0.39 is 17.0 Å². The van der Waals surface area contributed by atoms with Gasteiger partial charge in [0.1, 0.15) is 0 Å². The fraction of sp³-hybridized carbons (Fsp3) is 0.250. The maximum atomic E-state index is 10.9. The Labute approximate surface area is 83.4 Å². The van der Waals surface area contributed by atoms with Gasteiger partial charge < -0.3 is 9.29 Å². The van der Waals surface area contributed by atoms with Gasteiger partial charge in [-0.3, -0.25) is 4.79 Å². The third-order valence-electron chi connectivity index (χ3n) is 1.55. The third-order valence-corrected chi connectivity index (χ3v) is 2.14. The summed E-state index contributed by atoms with van der Waals surface area (Å²) in [6, 6.07) is 2.99. The Kier molecular flexibility index (Phi) is 3.73. The van der Waals surface area contributed by atoms with Crippen molar-refractivity contribution in [1.29, 1.82) is 0 Å². The summed E-state index contributed by atoms with van der Waals surface area (Å²) in [4.78, 5) is 14.6. The highest BCUT2D eigenvalue weighted by molar-refractivity contribution is 7.79. The summed E-state index contributed by atoms with van der Waals surface area (Å²) in [5, 5.41) is 0.0337. The molecule has 0 amide bonds. The van der Waals surface area contributed by atoms with E-state index in [0.717, 1.165) is 0 Å². The summed E-state index contributed by atoms with van der Waals surface area (Å²) in [5.41, 5.74) is 0.601. The molecule has 0 saturated carbocycles. The minimum Gasteiger partial charge on any atom is -0.469 e. The van der Waals surface area contributed by atoms with Gasteiger partial charge in [0.05, 0.1) is 13.5 Å². The fourth-order valence-electron chi connectivity index (χ4n) is 0.895. The van der Waals surface area contributed by atoms with Crippen molar-refractivity contribution in [2.75, 3.05) is 7.11 Å². The average Bonchev–Trinajstić information content (AvgIpc) is 2.18. The van der Waals surface area contributed by atoms with E-state index in [9.17, 15) is 9.00 Å². The van der Waals surface area contributed by atoms with Crippen molar-refractivity contribution in [3.05, 3.63) is 23.9 Å². The summed E-state index contributed by atoms with van der Waals surface area (Å²) in [7, 11) is 1.29. The number of aromatic nitrogens is 1. The van der Waals surface area contributed by atoms with Crippen molar-refractivity contribution >= 4 is 17.0 Å². The van der Waals surface area contributed by atoms with Gasteiger partial charge in [0.25, 0.3) is 0 Å². The number of esters is 1.